The van der Waals surface area contributed by atoms with Gasteiger partial charge < -0.3 is 10.2 Å². The van der Waals surface area contributed by atoms with E-state index in [0.29, 0.717) is 11.6 Å². The van der Waals surface area contributed by atoms with E-state index in [1.54, 1.807) is 0 Å². The van der Waals surface area contributed by atoms with Crippen LogP contribution in [0.5, 0.6) is 0 Å². The first-order valence-corrected chi connectivity index (χ1v) is 6.94. The Morgan fingerprint density at radius 2 is 2.53 bits per heavy atom. The Balaban J connectivity index is 1.99. The molecular weight excluding hydrogens is 234 g/mol. The van der Waals surface area contributed by atoms with Crippen LogP contribution in [0.4, 0.5) is 0 Å². The number of hydrogen-bond acceptors (Lipinski definition) is 4. The lowest BCUT2D eigenvalue weighted by atomic mass is 9.98. The largest absolute Gasteiger partial charge is 0.337 e. The third-order valence-corrected chi connectivity index (χ3v) is 3.91. The molecule has 1 aliphatic heterocycles. The van der Waals surface area contributed by atoms with Gasteiger partial charge in [0.05, 0.1) is 5.01 Å². The third-order valence-electron chi connectivity index (χ3n) is 3.14. The lowest BCUT2D eigenvalue weighted by molar-refractivity contribution is 0.0669. The van der Waals surface area contributed by atoms with Crippen LogP contribution in [0.3, 0.4) is 0 Å². The van der Waals surface area contributed by atoms with Crippen molar-refractivity contribution in [1.82, 2.24) is 15.2 Å². The Labute approximate surface area is 106 Å². The maximum absolute atomic E-state index is 12.2. The van der Waals surface area contributed by atoms with Crippen molar-refractivity contribution in [3.63, 3.8) is 0 Å². The molecule has 2 heterocycles. The zero-order chi connectivity index (χ0) is 12.3. The number of rotatable bonds is 3. The summed E-state index contributed by atoms with van der Waals surface area (Å²) in [6, 6.07) is 0. The molecule has 1 aliphatic rings. The van der Waals surface area contributed by atoms with E-state index in [1.807, 2.05) is 24.3 Å². The van der Waals surface area contributed by atoms with Crippen LogP contribution in [0, 0.1) is 12.8 Å². The van der Waals surface area contributed by atoms with Crippen LogP contribution >= 0.6 is 11.3 Å². The molecule has 17 heavy (non-hydrogen) atoms. The molecule has 0 saturated carbocycles. The van der Waals surface area contributed by atoms with E-state index in [1.165, 1.54) is 17.8 Å². The van der Waals surface area contributed by atoms with Gasteiger partial charge in [0.15, 0.2) is 0 Å². The van der Waals surface area contributed by atoms with Crippen LogP contribution in [0.25, 0.3) is 0 Å². The number of likely N-dealkylation sites (tertiary alicyclic amines) is 1. The van der Waals surface area contributed by atoms with Crippen molar-refractivity contribution in [2.45, 2.75) is 19.8 Å². The first-order chi connectivity index (χ1) is 8.20. The molecule has 1 atom stereocenters. The number of nitrogens with one attached hydrogen (secondary N) is 1. The fourth-order valence-corrected chi connectivity index (χ4v) is 2.92. The summed E-state index contributed by atoms with van der Waals surface area (Å²) in [5, 5.41) is 6.01. The van der Waals surface area contributed by atoms with Crippen LogP contribution in [-0.2, 0) is 0 Å². The van der Waals surface area contributed by atoms with Gasteiger partial charge in [-0.15, -0.1) is 11.3 Å². The molecule has 2 rings (SSSR count). The second-order valence-electron chi connectivity index (χ2n) is 4.57. The van der Waals surface area contributed by atoms with Crippen molar-refractivity contribution < 1.29 is 4.79 Å². The number of thiazole rings is 1. The van der Waals surface area contributed by atoms with E-state index in [-0.39, 0.29) is 5.91 Å². The predicted molar refractivity (Wildman–Crippen MR) is 69.4 cm³/mol. The molecule has 0 radical (unpaired) electrons. The summed E-state index contributed by atoms with van der Waals surface area (Å²) in [7, 11) is 1.96. The summed E-state index contributed by atoms with van der Waals surface area (Å²) in [5.74, 6) is 0.674. The van der Waals surface area contributed by atoms with Crippen molar-refractivity contribution >= 4 is 17.2 Å². The fourth-order valence-electron chi connectivity index (χ4n) is 2.33. The molecule has 1 N–H and O–H groups in total. The van der Waals surface area contributed by atoms with Gasteiger partial charge in [-0.1, -0.05) is 0 Å². The number of hydrogen-bond donors (Lipinski definition) is 1. The molecule has 4 nitrogen and oxygen atoms in total. The number of carbonyl (C=O) groups is 1. The molecule has 5 heteroatoms. The standard InChI is InChI=1S/C12H19N3OS/c1-9-14-11(8-17-9)12(16)15-5-3-4-10(7-15)6-13-2/h8,10,13H,3-7H2,1-2H3. The molecule has 1 aromatic heterocycles. The van der Waals surface area contributed by atoms with E-state index >= 15 is 0 Å². The molecule has 1 unspecified atom stereocenters. The summed E-state index contributed by atoms with van der Waals surface area (Å²) in [6.45, 7) is 4.65. The van der Waals surface area contributed by atoms with Gasteiger partial charge in [-0.05, 0) is 39.3 Å². The molecule has 94 valence electrons. The van der Waals surface area contributed by atoms with E-state index in [4.69, 9.17) is 0 Å². The maximum Gasteiger partial charge on any atom is 0.273 e. The highest BCUT2D eigenvalue weighted by Crippen LogP contribution is 2.18. The van der Waals surface area contributed by atoms with Gasteiger partial charge in [0.25, 0.3) is 5.91 Å². The molecule has 0 aromatic carbocycles. The van der Waals surface area contributed by atoms with Gasteiger partial charge in [-0.3, -0.25) is 4.79 Å². The molecule has 0 aliphatic carbocycles. The minimum Gasteiger partial charge on any atom is -0.337 e. The van der Waals surface area contributed by atoms with Crippen LogP contribution < -0.4 is 5.32 Å². The minimum atomic E-state index is 0.0927. The molecule has 0 bridgehead atoms. The van der Waals surface area contributed by atoms with E-state index in [2.05, 4.69) is 10.3 Å². The average molecular weight is 253 g/mol. The Kier molecular flexibility index (Phi) is 4.12. The second-order valence-corrected chi connectivity index (χ2v) is 5.63. The first-order valence-electron chi connectivity index (χ1n) is 6.06. The zero-order valence-corrected chi connectivity index (χ0v) is 11.2. The smallest absolute Gasteiger partial charge is 0.273 e. The van der Waals surface area contributed by atoms with Crippen molar-refractivity contribution in [3.05, 3.63) is 16.1 Å². The fraction of sp³-hybridized carbons (Fsp3) is 0.667. The number of aromatic nitrogens is 1. The van der Waals surface area contributed by atoms with Gasteiger partial charge in [0.2, 0.25) is 0 Å². The molecule has 1 fully saturated rings. The first kappa shape index (κ1) is 12.5. The summed E-state index contributed by atoms with van der Waals surface area (Å²) < 4.78 is 0. The maximum atomic E-state index is 12.2. The lowest BCUT2D eigenvalue weighted by Gasteiger charge is -2.32. The van der Waals surface area contributed by atoms with Gasteiger partial charge in [-0.25, -0.2) is 4.98 Å². The number of aryl methyl sites for hydroxylation is 1. The lowest BCUT2D eigenvalue weighted by Crippen LogP contribution is -2.42. The quantitative estimate of drug-likeness (QED) is 0.888. The van der Waals surface area contributed by atoms with Crippen LogP contribution in [0.1, 0.15) is 28.3 Å². The van der Waals surface area contributed by atoms with Gasteiger partial charge in [0.1, 0.15) is 5.69 Å². The number of amides is 1. The number of carbonyl (C=O) groups excluding carboxylic acids is 1. The van der Waals surface area contributed by atoms with Crippen molar-refractivity contribution in [2.24, 2.45) is 5.92 Å². The zero-order valence-electron chi connectivity index (χ0n) is 10.4. The molecule has 1 aromatic rings. The van der Waals surface area contributed by atoms with E-state index in [0.717, 1.165) is 31.1 Å². The highest BCUT2D eigenvalue weighted by molar-refractivity contribution is 7.09. The topological polar surface area (TPSA) is 45.2 Å². The minimum absolute atomic E-state index is 0.0927. The Morgan fingerprint density at radius 3 is 3.18 bits per heavy atom. The molecular formula is C12H19N3OS. The highest BCUT2D eigenvalue weighted by Gasteiger charge is 2.25. The summed E-state index contributed by atoms with van der Waals surface area (Å²) >= 11 is 1.54. The number of piperidine rings is 1. The van der Waals surface area contributed by atoms with Crippen LogP contribution in [0.2, 0.25) is 0 Å². The normalized spacial score (nSPS) is 20.6. The average Bonchev–Trinajstić information content (AvgIpc) is 2.76. The molecule has 1 saturated heterocycles. The van der Waals surface area contributed by atoms with E-state index in [9.17, 15) is 4.79 Å². The van der Waals surface area contributed by atoms with Crippen LogP contribution in [0.15, 0.2) is 5.38 Å². The van der Waals surface area contributed by atoms with Gasteiger partial charge >= 0.3 is 0 Å². The van der Waals surface area contributed by atoms with Gasteiger partial charge in [0, 0.05) is 18.5 Å². The molecule has 0 spiro atoms. The second kappa shape index (κ2) is 5.60. The Bertz CT molecular complexity index is 389. The summed E-state index contributed by atoms with van der Waals surface area (Å²) in [5.41, 5.74) is 0.609. The number of nitrogens with zero attached hydrogens (tertiary/aromatic N) is 2. The summed E-state index contributed by atoms with van der Waals surface area (Å²) in [6.07, 6.45) is 2.31. The van der Waals surface area contributed by atoms with Crippen molar-refractivity contribution in [2.75, 3.05) is 26.7 Å². The SMILES string of the molecule is CNCC1CCCN(C(=O)c2csc(C)n2)C1. The van der Waals surface area contributed by atoms with Crippen LogP contribution in [-0.4, -0.2) is 42.5 Å². The molecule has 1 amide bonds. The van der Waals surface area contributed by atoms with Gasteiger partial charge in [-0.2, -0.15) is 0 Å². The Morgan fingerprint density at radius 1 is 1.71 bits per heavy atom. The summed E-state index contributed by atoms with van der Waals surface area (Å²) in [4.78, 5) is 18.4. The Hall–Kier alpha value is -0.940. The van der Waals surface area contributed by atoms with Crippen molar-refractivity contribution in [1.29, 1.82) is 0 Å². The predicted octanol–water partition coefficient (Wildman–Crippen LogP) is 1.52. The third kappa shape index (κ3) is 3.04. The van der Waals surface area contributed by atoms with E-state index < -0.39 is 0 Å². The van der Waals surface area contributed by atoms with Crippen molar-refractivity contribution in [3.8, 4) is 0 Å². The highest BCUT2D eigenvalue weighted by atomic mass is 32.1. The monoisotopic (exact) mass is 253 g/mol.